The number of hydrogen-bond donors (Lipinski definition) is 1. The second-order valence-electron chi connectivity index (χ2n) is 7.12. The zero-order valence-electron chi connectivity index (χ0n) is 16.0. The maximum Gasteiger partial charge on any atom is 0.316 e. The van der Waals surface area contributed by atoms with Crippen LogP contribution in [0.15, 0.2) is 27.9 Å². The van der Waals surface area contributed by atoms with Gasteiger partial charge in [-0.3, -0.25) is 9.59 Å². The first-order valence-corrected chi connectivity index (χ1v) is 11.2. The van der Waals surface area contributed by atoms with Crippen molar-refractivity contribution in [3.63, 3.8) is 0 Å². The summed E-state index contributed by atoms with van der Waals surface area (Å²) >= 11 is 3.06. The molecule has 0 radical (unpaired) electrons. The molecule has 0 bridgehead atoms. The van der Waals surface area contributed by atoms with Crippen molar-refractivity contribution in [2.45, 2.75) is 51.0 Å². The normalized spacial score (nSPS) is 13.5. The SMILES string of the molecule is Cc1ccc(C)c(SCC(=O)OCc2nc3sc4c(c3c(=O)[nH]2)CCCC4)c1. The monoisotopic (exact) mass is 414 g/mol. The standard InChI is InChI=1S/C21H22N2O3S2/c1-12-7-8-13(2)16(9-12)27-11-18(24)26-10-17-22-20(25)19-14-5-3-4-6-15(14)28-21(19)23-17/h7-9H,3-6,10-11H2,1-2H3,(H,22,23,25). The summed E-state index contributed by atoms with van der Waals surface area (Å²) in [6, 6.07) is 6.17. The highest BCUT2D eigenvalue weighted by Crippen LogP contribution is 2.33. The average molecular weight is 415 g/mol. The molecule has 2 aromatic heterocycles. The van der Waals surface area contributed by atoms with Crippen LogP contribution in [0, 0.1) is 13.8 Å². The lowest BCUT2D eigenvalue weighted by atomic mass is 9.97. The number of carbonyl (C=O) groups excluding carboxylic acids is 1. The first-order valence-electron chi connectivity index (χ1n) is 9.40. The van der Waals surface area contributed by atoms with Crippen LogP contribution in [0.1, 0.15) is 40.2 Å². The van der Waals surface area contributed by atoms with Crippen LogP contribution < -0.4 is 5.56 Å². The molecular formula is C21H22N2O3S2. The first kappa shape index (κ1) is 19.2. The molecule has 5 nitrogen and oxygen atoms in total. The van der Waals surface area contributed by atoms with Crippen LogP contribution in [0.3, 0.4) is 0 Å². The molecule has 3 aromatic rings. The molecule has 146 valence electrons. The highest BCUT2D eigenvalue weighted by atomic mass is 32.2. The van der Waals surface area contributed by atoms with Crippen molar-refractivity contribution in [1.29, 1.82) is 0 Å². The molecule has 0 saturated heterocycles. The summed E-state index contributed by atoms with van der Waals surface area (Å²) in [5.74, 6) is 0.310. The van der Waals surface area contributed by atoms with E-state index in [1.165, 1.54) is 23.1 Å². The Balaban J connectivity index is 1.42. The molecule has 1 aliphatic rings. The fourth-order valence-corrected chi connectivity index (χ4v) is 5.67. The van der Waals surface area contributed by atoms with Crippen LogP contribution in [-0.4, -0.2) is 21.7 Å². The maximum absolute atomic E-state index is 12.5. The highest BCUT2D eigenvalue weighted by Gasteiger charge is 2.20. The van der Waals surface area contributed by atoms with Gasteiger partial charge in [0, 0.05) is 9.77 Å². The number of rotatable bonds is 5. The molecule has 0 saturated carbocycles. The molecule has 0 amide bonds. The van der Waals surface area contributed by atoms with Crippen LogP contribution in [-0.2, 0) is 29.0 Å². The summed E-state index contributed by atoms with van der Waals surface area (Å²) in [7, 11) is 0. The summed E-state index contributed by atoms with van der Waals surface area (Å²) in [6.07, 6.45) is 4.26. The summed E-state index contributed by atoms with van der Waals surface area (Å²) in [5.41, 5.74) is 3.34. The number of thiophene rings is 1. The van der Waals surface area contributed by atoms with Gasteiger partial charge in [0.05, 0.1) is 11.1 Å². The lowest BCUT2D eigenvalue weighted by molar-refractivity contribution is -0.141. The van der Waals surface area contributed by atoms with Gasteiger partial charge in [-0.25, -0.2) is 4.98 Å². The number of aryl methyl sites for hydroxylation is 4. The topological polar surface area (TPSA) is 72.0 Å². The van der Waals surface area contributed by atoms with Gasteiger partial charge in [0.2, 0.25) is 0 Å². The molecule has 0 fully saturated rings. The number of fused-ring (bicyclic) bond motifs is 3. The van der Waals surface area contributed by atoms with Crippen molar-refractivity contribution in [1.82, 2.24) is 9.97 Å². The second-order valence-corrected chi connectivity index (χ2v) is 9.22. The van der Waals surface area contributed by atoms with E-state index in [9.17, 15) is 9.59 Å². The fraction of sp³-hybridized carbons (Fsp3) is 0.381. The molecule has 0 spiro atoms. The second kappa shape index (κ2) is 8.09. The summed E-state index contributed by atoms with van der Waals surface area (Å²) in [6.45, 7) is 4.04. The molecular weight excluding hydrogens is 392 g/mol. The van der Waals surface area contributed by atoms with Gasteiger partial charge in [-0.1, -0.05) is 17.7 Å². The number of hydrogen-bond acceptors (Lipinski definition) is 6. The van der Waals surface area contributed by atoms with Gasteiger partial charge in [0.25, 0.3) is 5.56 Å². The Morgan fingerprint density at radius 1 is 1.29 bits per heavy atom. The molecule has 2 heterocycles. The third-order valence-corrected chi connectivity index (χ3v) is 7.25. The van der Waals surface area contributed by atoms with Crippen molar-refractivity contribution >= 4 is 39.3 Å². The lowest BCUT2D eigenvalue weighted by Gasteiger charge is -2.09. The van der Waals surface area contributed by atoms with E-state index in [0.29, 0.717) is 5.82 Å². The van der Waals surface area contributed by atoms with E-state index in [-0.39, 0.29) is 23.9 Å². The molecule has 4 rings (SSSR count). The van der Waals surface area contributed by atoms with Crippen LogP contribution >= 0.6 is 23.1 Å². The largest absolute Gasteiger partial charge is 0.457 e. The minimum atomic E-state index is -0.320. The van der Waals surface area contributed by atoms with Crippen LogP contribution in [0.25, 0.3) is 10.2 Å². The molecule has 28 heavy (non-hydrogen) atoms. The number of esters is 1. The predicted octanol–water partition coefficient (Wildman–Crippen LogP) is 4.32. The first-order chi connectivity index (χ1) is 13.5. The van der Waals surface area contributed by atoms with Crippen LogP contribution in [0.5, 0.6) is 0 Å². The van der Waals surface area contributed by atoms with Crippen molar-refractivity contribution in [2.24, 2.45) is 0 Å². The molecule has 1 aromatic carbocycles. The smallest absolute Gasteiger partial charge is 0.316 e. The molecule has 0 aliphatic heterocycles. The van der Waals surface area contributed by atoms with Gasteiger partial charge >= 0.3 is 5.97 Å². The van der Waals surface area contributed by atoms with E-state index in [1.54, 1.807) is 11.3 Å². The van der Waals surface area contributed by atoms with E-state index >= 15 is 0 Å². The van der Waals surface area contributed by atoms with Gasteiger partial charge in [-0.05, 0) is 56.7 Å². The number of nitrogens with zero attached hydrogens (tertiary/aromatic N) is 1. The minimum Gasteiger partial charge on any atom is -0.457 e. The number of aromatic nitrogens is 2. The predicted molar refractivity (Wildman–Crippen MR) is 113 cm³/mol. The third kappa shape index (κ3) is 4.00. The maximum atomic E-state index is 12.5. The molecule has 1 aliphatic carbocycles. The number of nitrogens with one attached hydrogen (secondary N) is 1. The van der Waals surface area contributed by atoms with Crippen molar-refractivity contribution < 1.29 is 9.53 Å². The number of benzene rings is 1. The fourth-order valence-electron chi connectivity index (χ4n) is 3.47. The van der Waals surface area contributed by atoms with Gasteiger partial charge in [-0.15, -0.1) is 23.1 Å². The zero-order valence-corrected chi connectivity index (χ0v) is 17.6. The van der Waals surface area contributed by atoms with E-state index in [4.69, 9.17) is 4.74 Å². The number of carbonyl (C=O) groups is 1. The Morgan fingerprint density at radius 2 is 2.11 bits per heavy atom. The number of aromatic amines is 1. The Hall–Kier alpha value is -2.12. The lowest BCUT2D eigenvalue weighted by Crippen LogP contribution is -2.15. The average Bonchev–Trinajstić information content (AvgIpc) is 3.06. The highest BCUT2D eigenvalue weighted by molar-refractivity contribution is 8.00. The Labute approximate surface area is 171 Å². The van der Waals surface area contributed by atoms with Crippen LogP contribution in [0.2, 0.25) is 0 Å². The summed E-state index contributed by atoms with van der Waals surface area (Å²) in [4.78, 5) is 35.1. The molecule has 7 heteroatoms. The third-order valence-electron chi connectivity index (χ3n) is 4.93. The minimum absolute atomic E-state index is 0.0139. The van der Waals surface area contributed by atoms with Crippen LogP contribution in [0.4, 0.5) is 0 Å². The Morgan fingerprint density at radius 3 is 2.96 bits per heavy atom. The number of ether oxygens (including phenoxy) is 1. The van der Waals surface area contributed by atoms with E-state index in [2.05, 4.69) is 22.1 Å². The van der Waals surface area contributed by atoms with E-state index in [0.717, 1.165) is 51.1 Å². The van der Waals surface area contributed by atoms with Crippen molar-refractivity contribution in [3.8, 4) is 0 Å². The molecule has 0 atom stereocenters. The van der Waals surface area contributed by atoms with Gasteiger partial charge < -0.3 is 9.72 Å². The Kier molecular flexibility index (Phi) is 5.55. The van der Waals surface area contributed by atoms with Gasteiger partial charge in [-0.2, -0.15) is 0 Å². The zero-order chi connectivity index (χ0) is 19.7. The summed E-state index contributed by atoms with van der Waals surface area (Å²) < 4.78 is 5.34. The van der Waals surface area contributed by atoms with Crippen molar-refractivity contribution in [2.75, 3.05) is 5.75 Å². The van der Waals surface area contributed by atoms with Gasteiger partial charge in [0.15, 0.2) is 0 Å². The van der Waals surface area contributed by atoms with Gasteiger partial charge in [0.1, 0.15) is 17.3 Å². The number of thioether (sulfide) groups is 1. The Bertz CT molecular complexity index is 1100. The van der Waals surface area contributed by atoms with E-state index < -0.39 is 0 Å². The van der Waals surface area contributed by atoms with Crippen molar-refractivity contribution in [3.05, 3.63) is 55.9 Å². The summed E-state index contributed by atoms with van der Waals surface area (Å²) in [5, 5.41) is 0.722. The van der Waals surface area contributed by atoms with E-state index in [1.807, 2.05) is 19.9 Å². The molecule has 0 unspecified atom stereocenters. The molecule has 1 N–H and O–H groups in total. The quantitative estimate of drug-likeness (QED) is 0.497. The number of H-pyrrole nitrogens is 1.